The molecule has 5 rings (SSSR count). The number of halogens is 1. The zero-order valence-electron chi connectivity index (χ0n) is 27.8. The number of aliphatic hydroxyl groups excluding tert-OH is 1. The highest BCUT2D eigenvalue weighted by atomic mass is 35.5. The first-order valence-corrected chi connectivity index (χ1v) is 16.1. The molecule has 0 unspecified atom stereocenters. The number of benzene rings is 4. The van der Waals surface area contributed by atoms with E-state index >= 15 is 0 Å². The summed E-state index contributed by atoms with van der Waals surface area (Å²) in [5, 5.41) is 22.2. The van der Waals surface area contributed by atoms with Crippen molar-refractivity contribution in [3.05, 3.63) is 124 Å². The predicted molar refractivity (Wildman–Crippen MR) is 190 cm³/mol. The molecule has 0 radical (unpaired) electrons. The Hall–Kier alpha value is -5.09. The fourth-order valence-electron chi connectivity index (χ4n) is 5.47. The molecule has 0 saturated carbocycles. The second kappa shape index (κ2) is 16.3. The molecule has 0 bridgehead atoms. The number of rotatable bonds is 15. The van der Waals surface area contributed by atoms with E-state index in [4.69, 9.17) is 35.5 Å². The van der Waals surface area contributed by atoms with Crippen LogP contribution in [0.1, 0.15) is 27.9 Å². The molecule has 254 valence electrons. The molecule has 0 spiro atoms. The summed E-state index contributed by atoms with van der Waals surface area (Å²) in [4.78, 5) is 16.3. The van der Waals surface area contributed by atoms with Gasteiger partial charge in [-0.25, -0.2) is 4.98 Å². The normalized spacial score (nSPS) is 11.6. The van der Waals surface area contributed by atoms with E-state index in [1.165, 1.54) is 0 Å². The van der Waals surface area contributed by atoms with Crippen LogP contribution < -0.4 is 24.3 Å². The Balaban J connectivity index is 1.41. The highest BCUT2D eigenvalue weighted by Gasteiger charge is 2.19. The molecule has 9 nitrogen and oxygen atoms in total. The van der Waals surface area contributed by atoms with Crippen molar-refractivity contribution in [1.29, 1.82) is 0 Å². The molecule has 3 N–H and O–H groups in total. The largest absolute Gasteiger partial charge is 0.497 e. The Bertz CT molecular complexity index is 1930. The van der Waals surface area contributed by atoms with Gasteiger partial charge in [0.25, 0.3) is 0 Å². The van der Waals surface area contributed by atoms with Crippen molar-refractivity contribution < 1.29 is 34.0 Å². The Morgan fingerprint density at radius 1 is 0.796 bits per heavy atom. The maximum Gasteiger partial charge on any atom is 0.323 e. The van der Waals surface area contributed by atoms with Gasteiger partial charge in [0, 0.05) is 12.1 Å². The van der Waals surface area contributed by atoms with Crippen LogP contribution in [-0.2, 0) is 24.6 Å². The van der Waals surface area contributed by atoms with Crippen molar-refractivity contribution >= 4 is 17.6 Å². The molecular formula is C39H39ClN2O7. The third-order valence-corrected chi connectivity index (χ3v) is 8.66. The van der Waals surface area contributed by atoms with Crippen molar-refractivity contribution in [3.63, 3.8) is 0 Å². The zero-order chi connectivity index (χ0) is 34.9. The van der Waals surface area contributed by atoms with Crippen LogP contribution >= 0.6 is 11.6 Å². The van der Waals surface area contributed by atoms with Crippen molar-refractivity contribution in [1.82, 2.24) is 10.3 Å². The van der Waals surface area contributed by atoms with Gasteiger partial charge in [-0.2, -0.15) is 0 Å². The highest BCUT2D eigenvalue weighted by Crippen LogP contribution is 2.34. The molecule has 1 atom stereocenters. The number of methoxy groups -OCH3 is 2. The number of carbonyl (C=O) groups is 1. The lowest BCUT2D eigenvalue weighted by Gasteiger charge is -2.18. The van der Waals surface area contributed by atoms with Gasteiger partial charge < -0.3 is 29.2 Å². The van der Waals surface area contributed by atoms with Crippen LogP contribution in [0, 0.1) is 13.8 Å². The van der Waals surface area contributed by atoms with Crippen LogP contribution in [0.25, 0.3) is 22.3 Å². The van der Waals surface area contributed by atoms with E-state index in [2.05, 4.69) is 5.32 Å². The number of pyridine rings is 1. The van der Waals surface area contributed by atoms with Crippen molar-refractivity contribution in [2.75, 3.05) is 20.8 Å². The van der Waals surface area contributed by atoms with E-state index in [0.717, 1.165) is 50.4 Å². The summed E-state index contributed by atoms with van der Waals surface area (Å²) < 4.78 is 23.4. The number of hydrogen-bond donors (Lipinski definition) is 3. The lowest BCUT2D eigenvalue weighted by atomic mass is 9.96. The van der Waals surface area contributed by atoms with Gasteiger partial charge in [-0.15, -0.1) is 0 Å². The van der Waals surface area contributed by atoms with Crippen LogP contribution in [0.3, 0.4) is 0 Å². The van der Waals surface area contributed by atoms with E-state index in [-0.39, 0.29) is 25.6 Å². The maximum atomic E-state index is 11.6. The number of carboxylic acids is 1. The molecule has 1 aromatic heterocycles. The molecule has 0 saturated heterocycles. The summed E-state index contributed by atoms with van der Waals surface area (Å²) in [7, 11) is 3.28. The maximum absolute atomic E-state index is 11.6. The van der Waals surface area contributed by atoms with Crippen molar-refractivity contribution in [3.8, 4) is 45.4 Å². The molecule has 0 aliphatic carbocycles. The lowest BCUT2D eigenvalue weighted by Crippen LogP contribution is -2.39. The SMILES string of the molecule is COc1cccc(-c2cccc(COc3nc(COc4cccc(-c5cccc(OC)c5)c4C)c(Cl)cc3CN[C@@H](CO)C(=O)O)c2C)c1. The number of aliphatic hydroxyl groups is 1. The summed E-state index contributed by atoms with van der Waals surface area (Å²) in [5.74, 6) is 1.29. The third-order valence-electron chi connectivity index (χ3n) is 8.33. The monoisotopic (exact) mass is 682 g/mol. The number of aromatic nitrogens is 1. The Labute approximate surface area is 291 Å². The fraction of sp³-hybridized carbons (Fsp3) is 0.231. The molecule has 5 aromatic rings. The second-order valence-electron chi connectivity index (χ2n) is 11.4. The molecular weight excluding hydrogens is 644 g/mol. The van der Waals surface area contributed by atoms with Gasteiger partial charge in [-0.05, 0) is 89.2 Å². The molecule has 0 aliphatic heterocycles. The van der Waals surface area contributed by atoms with Crippen LogP contribution in [-0.4, -0.2) is 48.0 Å². The first kappa shape index (κ1) is 35.2. The summed E-state index contributed by atoms with van der Waals surface area (Å²) in [6.45, 7) is 3.74. The van der Waals surface area contributed by atoms with Gasteiger partial charge in [0.05, 0.1) is 25.8 Å². The van der Waals surface area contributed by atoms with Gasteiger partial charge in [0.1, 0.15) is 42.2 Å². The number of ether oxygens (including phenoxy) is 4. The third kappa shape index (κ3) is 8.50. The highest BCUT2D eigenvalue weighted by molar-refractivity contribution is 6.31. The molecule has 49 heavy (non-hydrogen) atoms. The minimum Gasteiger partial charge on any atom is -0.497 e. The predicted octanol–water partition coefficient (Wildman–Crippen LogP) is 7.40. The minimum absolute atomic E-state index is 0.0469. The topological polar surface area (TPSA) is 119 Å². The van der Waals surface area contributed by atoms with Crippen LogP contribution in [0.15, 0.2) is 91.0 Å². The van der Waals surface area contributed by atoms with E-state index in [0.29, 0.717) is 22.0 Å². The Morgan fingerprint density at radius 2 is 1.41 bits per heavy atom. The standard InChI is InChI=1S/C39H39ClN2O7/c1-24-28(11-7-14-32(24)26-9-5-12-30(17-26)46-3)22-49-38-29(20-41-35(21-43)39(44)45)19-34(40)36(42-38)23-48-37-16-8-15-33(25(37)2)27-10-6-13-31(18-27)47-4/h5-19,35,41,43H,20-23H2,1-4H3,(H,44,45)/t35-/m0/s1. The summed E-state index contributed by atoms with van der Waals surface area (Å²) in [6.07, 6.45) is 0. The van der Waals surface area contributed by atoms with Gasteiger partial charge in [-0.1, -0.05) is 66.2 Å². The van der Waals surface area contributed by atoms with Gasteiger partial charge in [-0.3, -0.25) is 10.1 Å². The summed E-state index contributed by atoms with van der Waals surface area (Å²) in [5.41, 5.74) is 7.96. The number of aliphatic carboxylic acids is 1. The van der Waals surface area contributed by atoms with E-state index < -0.39 is 18.6 Å². The lowest BCUT2D eigenvalue weighted by molar-refractivity contribution is -0.140. The quantitative estimate of drug-likeness (QED) is 0.104. The number of hydrogen-bond acceptors (Lipinski definition) is 8. The Kier molecular flexibility index (Phi) is 11.7. The average molecular weight is 683 g/mol. The van der Waals surface area contributed by atoms with Crippen LogP contribution in [0.4, 0.5) is 0 Å². The summed E-state index contributed by atoms with van der Waals surface area (Å²) in [6, 6.07) is 28.1. The first-order chi connectivity index (χ1) is 23.7. The van der Waals surface area contributed by atoms with E-state index in [9.17, 15) is 15.0 Å². The molecule has 10 heteroatoms. The second-order valence-corrected chi connectivity index (χ2v) is 11.8. The van der Waals surface area contributed by atoms with Gasteiger partial charge in [0.2, 0.25) is 5.88 Å². The minimum atomic E-state index is -1.18. The molecule has 1 heterocycles. The van der Waals surface area contributed by atoms with Crippen LogP contribution in [0.5, 0.6) is 23.1 Å². The fourth-order valence-corrected chi connectivity index (χ4v) is 5.70. The van der Waals surface area contributed by atoms with E-state index in [1.807, 2.05) is 98.8 Å². The molecule has 4 aromatic carbocycles. The van der Waals surface area contributed by atoms with Gasteiger partial charge in [0.15, 0.2) is 0 Å². The first-order valence-electron chi connectivity index (χ1n) is 15.7. The van der Waals surface area contributed by atoms with Crippen molar-refractivity contribution in [2.24, 2.45) is 0 Å². The number of nitrogens with zero attached hydrogens (tertiary/aromatic N) is 1. The number of nitrogens with one attached hydrogen (secondary N) is 1. The van der Waals surface area contributed by atoms with E-state index in [1.54, 1.807) is 20.3 Å². The van der Waals surface area contributed by atoms with Crippen molar-refractivity contribution in [2.45, 2.75) is 39.6 Å². The molecule has 0 fully saturated rings. The number of carboxylic acid groups (broad SMARTS) is 1. The Morgan fingerprint density at radius 3 is 2.02 bits per heavy atom. The van der Waals surface area contributed by atoms with Crippen LogP contribution in [0.2, 0.25) is 5.02 Å². The summed E-state index contributed by atoms with van der Waals surface area (Å²) >= 11 is 6.72. The molecule has 0 amide bonds. The smallest absolute Gasteiger partial charge is 0.323 e. The molecule has 0 aliphatic rings. The average Bonchev–Trinajstić information content (AvgIpc) is 3.11. The van der Waals surface area contributed by atoms with Gasteiger partial charge >= 0.3 is 5.97 Å². The zero-order valence-corrected chi connectivity index (χ0v) is 28.6.